The van der Waals surface area contributed by atoms with Crippen molar-refractivity contribution in [2.45, 2.75) is 65.1 Å². The smallest absolute Gasteiger partial charge is 0.177 e. The van der Waals surface area contributed by atoms with Gasteiger partial charge >= 0.3 is 0 Å². The zero-order chi connectivity index (χ0) is 15.5. The molecule has 0 atom stereocenters. The van der Waals surface area contributed by atoms with Gasteiger partial charge in [0.05, 0.1) is 8.07 Å². The molecule has 0 saturated carbocycles. The van der Waals surface area contributed by atoms with Gasteiger partial charge in [0.25, 0.3) is 0 Å². The third-order valence-electron chi connectivity index (χ3n) is 4.70. The van der Waals surface area contributed by atoms with Crippen molar-refractivity contribution in [1.82, 2.24) is 0 Å². The maximum atomic E-state index is 12.5. The monoisotopic (exact) mass is 289 g/mol. The van der Waals surface area contributed by atoms with E-state index in [0.717, 1.165) is 10.8 Å². The van der Waals surface area contributed by atoms with Crippen molar-refractivity contribution < 1.29 is 5.11 Å². The second-order valence-electron chi connectivity index (χ2n) is 6.65. The summed E-state index contributed by atoms with van der Waals surface area (Å²) in [6.45, 7) is 15.8. The molecule has 0 heterocycles. The van der Waals surface area contributed by atoms with Crippen LogP contribution in [0.5, 0.6) is 5.75 Å². The molecule has 0 aliphatic rings. The van der Waals surface area contributed by atoms with Crippen molar-refractivity contribution in [3.8, 4) is 5.75 Å². The molecule has 0 spiro atoms. The fourth-order valence-corrected chi connectivity index (χ4v) is 10.9. The largest absolute Gasteiger partial charge is 0.290 e. The molecule has 2 heteroatoms. The standard InChI is InChI=1S/C18H29OSi/c1-8-9-16-10-11-17(19)18(12-16)20(13(2)3,14(4)5)15(6)7/h8-15H,1-7H3/b9-8+. The molecule has 1 nitrogen and oxygen atoms in total. The average molecular weight is 290 g/mol. The SMILES string of the molecule is C/C=C/c1ccc([O])c([Si](C(C)C)(C(C)C)C(C)C)c1. The summed E-state index contributed by atoms with van der Waals surface area (Å²) in [5.74, 6) is 0.237. The highest BCUT2D eigenvalue weighted by molar-refractivity contribution is 6.95. The normalized spacial score (nSPS) is 13.1. The number of rotatable bonds is 5. The Morgan fingerprint density at radius 2 is 1.45 bits per heavy atom. The molecule has 1 rings (SSSR count). The Bertz CT molecular complexity index is 451. The zero-order valence-electron chi connectivity index (χ0n) is 14.0. The summed E-state index contributed by atoms with van der Waals surface area (Å²) in [5, 5.41) is 13.7. The van der Waals surface area contributed by atoms with Crippen molar-refractivity contribution in [1.29, 1.82) is 0 Å². The lowest BCUT2D eigenvalue weighted by molar-refractivity contribution is 0.358. The summed E-state index contributed by atoms with van der Waals surface area (Å²) >= 11 is 0. The summed E-state index contributed by atoms with van der Waals surface area (Å²) < 4.78 is 0. The molecule has 0 aliphatic carbocycles. The van der Waals surface area contributed by atoms with Crippen LogP contribution in [0, 0.1) is 0 Å². The Kier molecular flexibility index (Phi) is 5.64. The van der Waals surface area contributed by atoms with Crippen LogP contribution in [0.1, 0.15) is 54.0 Å². The minimum atomic E-state index is -1.86. The first kappa shape index (κ1) is 17.0. The molecule has 0 bridgehead atoms. The van der Waals surface area contributed by atoms with E-state index in [1.54, 1.807) is 6.07 Å². The summed E-state index contributed by atoms with van der Waals surface area (Å²) in [5.41, 5.74) is 2.85. The van der Waals surface area contributed by atoms with Gasteiger partial charge in [0.15, 0.2) is 5.75 Å². The van der Waals surface area contributed by atoms with Crippen LogP contribution in [0.15, 0.2) is 24.3 Å². The van der Waals surface area contributed by atoms with Crippen molar-refractivity contribution in [3.05, 3.63) is 29.8 Å². The van der Waals surface area contributed by atoms with Crippen LogP contribution in [-0.4, -0.2) is 8.07 Å². The summed E-state index contributed by atoms with van der Waals surface area (Å²) in [6.07, 6.45) is 4.12. The van der Waals surface area contributed by atoms with Crippen LogP contribution >= 0.6 is 0 Å². The third-order valence-corrected chi connectivity index (χ3v) is 11.8. The molecule has 0 aliphatic heterocycles. The van der Waals surface area contributed by atoms with Crippen LogP contribution in [0.4, 0.5) is 0 Å². The highest BCUT2D eigenvalue weighted by Crippen LogP contribution is 2.42. The van der Waals surface area contributed by atoms with Crippen LogP contribution < -0.4 is 5.19 Å². The first-order valence-corrected chi connectivity index (χ1v) is 9.95. The summed E-state index contributed by atoms with van der Waals surface area (Å²) in [4.78, 5) is 0. The van der Waals surface area contributed by atoms with Crippen molar-refractivity contribution >= 4 is 19.3 Å². The minimum absolute atomic E-state index is 0.237. The fraction of sp³-hybridized carbons (Fsp3) is 0.556. The van der Waals surface area contributed by atoms with Crippen LogP contribution in [0.3, 0.4) is 0 Å². The Balaban J connectivity index is 3.60. The molecular formula is C18H29OSi. The van der Waals surface area contributed by atoms with Crippen molar-refractivity contribution in [2.24, 2.45) is 0 Å². The molecule has 111 valence electrons. The quantitative estimate of drug-likeness (QED) is 0.615. The third kappa shape index (κ3) is 2.85. The molecule has 1 radical (unpaired) electrons. The molecular weight excluding hydrogens is 260 g/mol. The van der Waals surface area contributed by atoms with Crippen molar-refractivity contribution in [2.75, 3.05) is 0 Å². The van der Waals surface area contributed by atoms with E-state index < -0.39 is 8.07 Å². The van der Waals surface area contributed by atoms with Gasteiger partial charge in [-0.2, -0.15) is 0 Å². The van der Waals surface area contributed by atoms with Gasteiger partial charge in [-0.05, 0) is 40.4 Å². The van der Waals surface area contributed by atoms with E-state index in [1.807, 2.05) is 19.1 Å². The molecule has 0 aromatic heterocycles. The van der Waals surface area contributed by atoms with Gasteiger partial charge in [-0.3, -0.25) is 5.11 Å². The van der Waals surface area contributed by atoms with Crippen LogP contribution in [-0.2, 0) is 5.11 Å². The molecule has 0 saturated heterocycles. The second-order valence-corrected chi connectivity index (χ2v) is 12.5. The number of allylic oxidation sites excluding steroid dienone is 1. The van der Waals surface area contributed by atoms with E-state index in [2.05, 4.69) is 53.7 Å². The molecule has 20 heavy (non-hydrogen) atoms. The van der Waals surface area contributed by atoms with Gasteiger partial charge in [-0.25, -0.2) is 0 Å². The van der Waals surface area contributed by atoms with E-state index >= 15 is 0 Å². The lowest BCUT2D eigenvalue weighted by Gasteiger charge is -2.43. The maximum absolute atomic E-state index is 12.5. The van der Waals surface area contributed by atoms with Crippen LogP contribution in [0.25, 0.3) is 6.08 Å². The zero-order valence-corrected chi connectivity index (χ0v) is 15.0. The first-order chi connectivity index (χ1) is 9.28. The lowest BCUT2D eigenvalue weighted by atomic mass is 10.2. The highest BCUT2D eigenvalue weighted by atomic mass is 28.3. The molecule has 0 amide bonds. The minimum Gasteiger partial charge on any atom is -0.290 e. The Morgan fingerprint density at radius 3 is 1.85 bits per heavy atom. The van der Waals surface area contributed by atoms with Gasteiger partial charge in [0.2, 0.25) is 0 Å². The maximum Gasteiger partial charge on any atom is 0.177 e. The van der Waals surface area contributed by atoms with Gasteiger partial charge < -0.3 is 0 Å². The molecule has 0 N–H and O–H groups in total. The lowest BCUT2D eigenvalue weighted by Crippen LogP contribution is -2.55. The Morgan fingerprint density at radius 1 is 0.950 bits per heavy atom. The van der Waals surface area contributed by atoms with Gasteiger partial charge in [-0.15, -0.1) is 0 Å². The van der Waals surface area contributed by atoms with E-state index in [0.29, 0.717) is 16.6 Å². The van der Waals surface area contributed by atoms with Gasteiger partial charge in [0.1, 0.15) is 0 Å². The van der Waals surface area contributed by atoms with E-state index in [9.17, 15) is 5.11 Å². The average Bonchev–Trinajstić information content (AvgIpc) is 2.32. The number of benzene rings is 1. The number of hydrogen-bond donors (Lipinski definition) is 0. The van der Waals surface area contributed by atoms with Gasteiger partial charge in [0, 0.05) is 0 Å². The molecule has 0 fully saturated rings. The molecule has 1 aromatic carbocycles. The Hall–Kier alpha value is -1.02. The molecule has 1 aromatic rings. The van der Waals surface area contributed by atoms with E-state index in [4.69, 9.17) is 0 Å². The topological polar surface area (TPSA) is 19.9 Å². The summed E-state index contributed by atoms with van der Waals surface area (Å²) in [6, 6.07) is 5.86. The fourth-order valence-electron chi connectivity index (χ4n) is 4.12. The second kappa shape index (κ2) is 6.62. The number of hydrogen-bond acceptors (Lipinski definition) is 0. The summed E-state index contributed by atoms with van der Waals surface area (Å²) in [7, 11) is -1.86. The molecule has 0 unspecified atom stereocenters. The predicted molar refractivity (Wildman–Crippen MR) is 92.0 cm³/mol. The first-order valence-electron chi connectivity index (χ1n) is 7.72. The Labute approximate surface area is 125 Å². The highest BCUT2D eigenvalue weighted by Gasteiger charge is 2.46. The van der Waals surface area contributed by atoms with Crippen LogP contribution in [0.2, 0.25) is 16.6 Å². The van der Waals surface area contributed by atoms with E-state index in [-0.39, 0.29) is 5.75 Å². The van der Waals surface area contributed by atoms with Crippen molar-refractivity contribution in [3.63, 3.8) is 0 Å². The van der Waals surface area contributed by atoms with E-state index in [1.165, 1.54) is 0 Å². The predicted octanol–water partition coefficient (Wildman–Crippen LogP) is 5.75. The van der Waals surface area contributed by atoms with Gasteiger partial charge in [-0.1, -0.05) is 65.8 Å².